The SMILES string of the molecule is CC1(c2cc3ccccc3o2)CCC(N)C1. The first kappa shape index (κ1) is 9.91. The molecular weight excluding hydrogens is 198 g/mol. The average molecular weight is 215 g/mol. The predicted molar refractivity (Wildman–Crippen MR) is 65.4 cm³/mol. The molecule has 1 aliphatic carbocycles. The molecular formula is C14H17NO. The van der Waals surface area contributed by atoms with Gasteiger partial charge in [-0.3, -0.25) is 0 Å². The van der Waals surface area contributed by atoms with Gasteiger partial charge in [0.15, 0.2) is 0 Å². The van der Waals surface area contributed by atoms with Gasteiger partial charge in [-0.25, -0.2) is 0 Å². The fourth-order valence-corrected chi connectivity index (χ4v) is 2.79. The standard InChI is InChI=1S/C14H17NO/c1-14(7-6-11(15)9-14)13-8-10-4-2-3-5-12(10)16-13/h2-5,8,11H,6-7,9,15H2,1H3. The molecule has 0 aliphatic heterocycles. The lowest BCUT2D eigenvalue weighted by molar-refractivity contribution is 0.377. The van der Waals surface area contributed by atoms with Gasteiger partial charge in [-0.05, 0) is 31.4 Å². The third-order valence-electron chi connectivity index (χ3n) is 3.80. The highest BCUT2D eigenvalue weighted by Gasteiger charge is 2.37. The van der Waals surface area contributed by atoms with Gasteiger partial charge in [0.2, 0.25) is 0 Å². The van der Waals surface area contributed by atoms with E-state index in [0.717, 1.165) is 30.6 Å². The van der Waals surface area contributed by atoms with Crippen molar-refractivity contribution in [1.29, 1.82) is 0 Å². The number of hydrogen-bond donors (Lipinski definition) is 1. The highest BCUT2D eigenvalue weighted by atomic mass is 16.3. The Kier molecular flexibility index (Phi) is 2.08. The van der Waals surface area contributed by atoms with E-state index in [0.29, 0.717) is 6.04 Å². The van der Waals surface area contributed by atoms with Gasteiger partial charge in [-0.1, -0.05) is 25.1 Å². The molecule has 0 amide bonds. The van der Waals surface area contributed by atoms with Crippen molar-refractivity contribution < 1.29 is 4.42 Å². The van der Waals surface area contributed by atoms with Gasteiger partial charge >= 0.3 is 0 Å². The Hall–Kier alpha value is -1.28. The first-order valence-corrected chi connectivity index (χ1v) is 5.92. The molecule has 16 heavy (non-hydrogen) atoms. The van der Waals surface area contributed by atoms with E-state index >= 15 is 0 Å². The van der Waals surface area contributed by atoms with Crippen LogP contribution in [-0.4, -0.2) is 6.04 Å². The number of furan rings is 1. The zero-order valence-electron chi connectivity index (χ0n) is 9.57. The topological polar surface area (TPSA) is 39.2 Å². The van der Waals surface area contributed by atoms with Crippen molar-refractivity contribution in [2.75, 3.05) is 0 Å². The molecule has 0 radical (unpaired) electrons. The summed E-state index contributed by atoms with van der Waals surface area (Å²) in [4.78, 5) is 0. The first-order valence-electron chi connectivity index (χ1n) is 5.92. The Bertz CT molecular complexity index is 483. The summed E-state index contributed by atoms with van der Waals surface area (Å²) in [6.45, 7) is 2.26. The Morgan fingerprint density at radius 2 is 2.19 bits per heavy atom. The van der Waals surface area contributed by atoms with E-state index in [2.05, 4.69) is 19.1 Å². The quantitative estimate of drug-likeness (QED) is 0.793. The smallest absolute Gasteiger partial charge is 0.134 e. The Morgan fingerprint density at radius 1 is 1.38 bits per heavy atom. The van der Waals surface area contributed by atoms with Crippen molar-refractivity contribution in [2.24, 2.45) is 5.73 Å². The lowest BCUT2D eigenvalue weighted by Gasteiger charge is -2.20. The minimum atomic E-state index is 0.137. The molecule has 1 saturated carbocycles. The van der Waals surface area contributed by atoms with Crippen molar-refractivity contribution in [3.05, 3.63) is 36.1 Å². The van der Waals surface area contributed by atoms with Crippen molar-refractivity contribution in [1.82, 2.24) is 0 Å². The molecule has 0 saturated heterocycles. The molecule has 3 rings (SSSR count). The maximum atomic E-state index is 6.00. The van der Waals surface area contributed by atoms with Crippen molar-refractivity contribution in [3.63, 3.8) is 0 Å². The summed E-state index contributed by atoms with van der Waals surface area (Å²) in [5, 5.41) is 1.19. The molecule has 2 nitrogen and oxygen atoms in total. The van der Waals surface area contributed by atoms with E-state index in [4.69, 9.17) is 10.2 Å². The lowest BCUT2D eigenvalue weighted by atomic mass is 9.85. The van der Waals surface area contributed by atoms with Gasteiger partial charge in [-0.2, -0.15) is 0 Å². The van der Waals surface area contributed by atoms with E-state index in [9.17, 15) is 0 Å². The van der Waals surface area contributed by atoms with Crippen LogP contribution >= 0.6 is 0 Å². The third-order valence-corrected chi connectivity index (χ3v) is 3.80. The maximum absolute atomic E-state index is 6.00. The highest BCUT2D eigenvalue weighted by Crippen LogP contribution is 2.41. The van der Waals surface area contributed by atoms with Crippen molar-refractivity contribution in [2.45, 2.75) is 37.6 Å². The van der Waals surface area contributed by atoms with Gasteiger partial charge in [-0.15, -0.1) is 0 Å². The van der Waals surface area contributed by atoms with Gasteiger partial charge < -0.3 is 10.2 Å². The molecule has 0 spiro atoms. The first-order chi connectivity index (χ1) is 7.67. The van der Waals surface area contributed by atoms with E-state index in [1.165, 1.54) is 5.39 Å². The van der Waals surface area contributed by atoms with Crippen LogP contribution < -0.4 is 5.73 Å². The summed E-state index contributed by atoms with van der Waals surface area (Å²) in [5.74, 6) is 1.10. The molecule has 1 fully saturated rings. The second-order valence-corrected chi connectivity index (χ2v) is 5.21. The largest absolute Gasteiger partial charge is 0.460 e. The minimum Gasteiger partial charge on any atom is -0.460 e. The summed E-state index contributed by atoms with van der Waals surface area (Å²) in [6.07, 6.45) is 3.27. The molecule has 2 aromatic rings. The average Bonchev–Trinajstić information content (AvgIpc) is 2.83. The summed E-state index contributed by atoms with van der Waals surface area (Å²) in [6, 6.07) is 10.7. The number of hydrogen-bond acceptors (Lipinski definition) is 2. The van der Waals surface area contributed by atoms with Crippen LogP contribution in [0.4, 0.5) is 0 Å². The number of benzene rings is 1. The van der Waals surface area contributed by atoms with E-state index < -0.39 is 0 Å². The van der Waals surface area contributed by atoms with Crippen LogP contribution in [0, 0.1) is 0 Å². The third kappa shape index (κ3) is 1.45. The van der Waals surface area contributed by atoms with Crippen LogP contribution in [0.3, 0.4) is 0 Å². The monoisotopic (exact) mass is 215 g/mol. The lowest BCUT2D eigenvalue weighted by Crippen LogP contribution is -2.21. The molecule has 1 heterocycles. The minimum absolute atomic E-state index is 0.137. The zero-order valence-corrected chi connectivity index (χ0v) is 9.57. The van der Waals surface area contributed by atoms with Crippen LogP contribution in [0.2, 0.25) is 0 Å². The highest BCUT2D eigenvalue weighted by molar-refractivity contribution is 5.78. The molecule has 1 aliphatic rings. The summed E-state index contributed by atoms with van der Waals surface area (Å²) >= 11 is 0. The van der Waals surface area contributed by atoms with Crippen LogP contribution in [0.5, 0.6) is 0 Å². The second kappa shape index (κ2) is 3.36. The number of para-hydroxylation sites is 1. The molecule has 1 aromatic heterocycles. The zero-order chi connectivity index (χ0) is 11.2. The maximum Gasteiger partial charge on any atom is 0.134 e. The Morgan fingerprint density at radius 3 is 2.88 bits per heavy atom. The summed E-state index contributed by atoms with van der Waals surface area (Å²) in [5.41, 5.74) is 7.12. The number of rotatable bonds is 1. The van der Waals surface area contributed by atoms with Crippen LogP contribution in [0.25, 0.3) is 11.0 Å². The molecule has 84 valence electrons. The normalized spacial score (nSPS) is 30.0. The van der Waals surface area contributed by atoms with E-state index in [1.54, 1.807) is 0 Å². The Balaban J connectivity index is 2.06. The van der Waals surface area contributed by atoms with Crippen LogP contribution in [0.1, 0.15) is 31.9 Å². The van der Waals surface area contributed by atoms with Gasteiger partial charge in [0.25, 0.3) is 0 Å². The van der Waals surface area contributed by atoms with Gasteiger partial charge in [0.1, 0.15) is 11.3 Å². The van der Waals surface area contributed by atoms with E-state index in [1.807, 2.05) is 18.2 Å². The number of nitrogens with two attached hydrogens (primary N) is 1. The summed E-state index contributed by atoms with van der Waals surface area (Å²) in [7, 11) is 0. The van der Waals surface area contributed by atoms with Crippen LogP contribution in [-0.2, 0) is 5.41 Å². The molecule has 2 unspecified atom stereocenters. The molecule has 0 bridgehead atoms. The fraction of sp³-hybridized carbons (Fsp3) is 0.429. The molecule has 2 atom stereocenters. The van der Waals surface area contributed by atoms with Gasteiger partial charge in [0.05, 0.1) is 0 Å². The summed E-state index contributed by atoms with van der Waals surface area (Å²) < 4.78 is 5.95. The fourth-order valence-electron chi connectivity index (χ4n) is 2.79. The Labute approximate surface area is 95.4 Å². The molecule has 2 N–H and O–H groups in total. The van der Waals surface area contributed by atoms with Gasteiger partial charge in [0, 0.05) is 16.8 Å². The molecule has 2 heteroatoms. The van der Waals surface area contributed by atoms with Crippen LogP contribution in [0.15, 0.2) is 34.7 Å². The van der Waals surface area contributed by atoms with Crippen molar-refractivity contribution in [3.8, 4) is 0 Å². The van der Waals surface area contributed by atoms with E-state index in [-0.39, 0.29) is 5.41 Å². The molecule has 1 aromatic carbocycles. The van der Waals surface area contributed by atoms with Crippen molar-refractivity contribution >= 4 is 11.0 Å². The second-order valence-electron chi connectivity index (χ2n) is 5.21. The number of fused-ring (bicyclic) bond motifs is 1. The predicted octanol–water partition coefficient (Wildman–Crippen LogP) is 3.20.